The molecule has 0 unspecified atom stereocenters. The standard InChI is InChI=1S/C13H15BrN2O/c14-9-11-2-3-13(12(8-11)10-15)16-4-1-6-17-7-5-16/h2-3,8H,1,4-7,9H2. The minimum absolute atomic E-state index is 0.741. The molecule has 4 heteroatoms. The average Bonchev–Trinajstić information content (AvgIpc) is 2.66. The summed E-state index contributed by atoms with van der Waals surface area (Å²) in [6, 6.07) is 8.35. The maximum atomic E-state index is 9.22. The van der Waals surface area contributed by atoms with Crippen molar-refractivity contribution >= 4 is 21.6 Å². The fraction of sp³-hybridized carbons (Fsp3) is 0.462. The first-order chi connectivity index (χ1) is 8.35. The Balaban J connectivity index is 2.27. The van der Waals surface area contributed by atoms with E-state index in [1.54, 1.807) is 0 Å². The van der Waals surface area contributed by atoms with E-state index in [0.717, 1.165) is 54.9 Å². The summed E-state index contributed by atoms with van der Waals surface area (Å²) in [5, 5.41) is 10.00. The number of rotatable bonds is 2. The van der Waals surface area contributed by atoms with Gasteiger partial charge >= 0.3 is 0 Å². The highest BCUT2D eigenvalue weighted by Gasteiger charge is 2.13. The molecule has 0 amide bonds. The summed E-state index contributed by atoms with van der Waals surface area (Å²) >= 11 is 3.41. The van der Waals surface area contributed by atoms with Gasteiger partial charge in [-0.05, 0) is 24.1 Å². The maximum absolute atomic E-state index is 9.22. The molecule has 1 aromatic rings. The molecule has 90 valence electrons. The average molecular weight is 295 g/mol. The molecule has 0 aliphatic carbocycles. The predicted molar refractivity (Wildman–Crippen MR) is 71.4 cm³/mol. The molecule has 1 fully saturated rings. The molecule has 1 saturated heterocycles. The fourth-order valence-electron chi connectivity index (χ4n) is 2.02. The van der Waals surface area contributed by atoms with Gasteiger partial charge in [0.1, 0.15) is 6.07 Å². The minimum atomic E-state index is 0.741. The van der Waals surface area contributed by atoms with Crippen LogP contribution >= 0.6 is 15.9 Å². The first-order valence-electron chi connectivity index (χ1n) is 5.77. The molecule has 0 N–H and O–H groups in total. The van der Waals surface area contributed by atoms with Crippen molar-refractivity contribution in [2.24, 2.45) is 0 Å². The molecular weight excluding hydrogens is 280 g/mol. The molecule has 0 saturated carbocycles. The summed E-state index contributed by atoms with van der Waals surface area (Å²) in [7, 11) is 0. The lowest BCUT2D eigenvalue weighted by atomic mass is 10.1. The molecule has 1 aliphatic rings. The van der Waals surface area contributed by atoms with E-state index in [1.807, 2.05) is 12.1 Å². The maximum Gasteiger partial charge on any atom is 0.101 e. The summed E-state index contributed by atoms with van der Waals surface area (Å²) < 4.78 is 5.43. The summed E-state index contributed by atoms with van der Waals surface area (Å²) in [4.78, 5) is 2.24. The molecule has 0 aromatic heterocycles. The Labute approximate surface area is 110 Å². The van der Waals surface area contributed by atoms with Crippen molar-refractivity contribution in [1.82, 2.24) is 0 Å². The van der Waals surface area contributed by atoms with Crippen LogP contribution in [0.25, 0.3) is 0 Å². The molecule has 0 bridgehead atoms. The Morgan fingerprint density at radius 3 is 3.00 bits per heavy atom. The zero-order chi connectivity index (χ0) is 12.1. The van der Waals surface area contributed by atoms with Crippen LogP contribution in [0.3, 0.4) is 0 Å². The van der Waals surface area contributed by atoms with Gasteiger partial charge in [0.25, 0.3) is 0 Å². The number of benzene rings is 1. The van der Waals surface area contributed by atoms with Crippen LogP contribution in [-0.2, 0) is 10.1 Å². The van der Waals surface area contributed by atoms with Crippen LogP contribution in [0.2, 0.25) is 0 Å². The molecular formula is C13H15BrN2O. The van der Waals surface area contributed by atoms with Crippen LogP contribution in [0.4, 0.5) is 5.69 Å². The van der Waals surface area contributed by atoms with Crippen molar-refractivity contribution in [2.45, 2.75) is 11.8 Å². The van der Waals surface area contributed by atoms with Crippen LogP contribution in [0.15, 0.2) is 18.2 Å². The number of halogens is 1. The second-order valence-electron chi connectivity index (χ2n) is 4.05. The van der Waals surface area contributed by atoms with Crippen molar-refractivity contribution in [3.8, 4) is 6.07 Å². The molecule has 0 radical (unpaired) electrons. The Bertz CT molecular complexity index is 420. The zero-order valence-corrected chi connectivity index (χ0v) is 11.2. The van der Waals surface area contributed by atoms with Crippen molar-refractivity contribution < 1.29 is 4.74 Å². The lowest BCUT2D eigenvalue weighted by molar-refractivity contribution is 0.152. The van der Waals surface area contributed by atoms with Crippen LogP contribution in [0.1, 0.15) is 17.5 Å². The molecule has 0 atom stereocenters. The van der Waals surface area contributed by atoms with Crippen molar-refractivity contribution in [3.05, 3.63) is 29.3 Å². The Hall–Kier alpha value is -1.05. The van der Waals surface area contributed by atoms with Crippen molar-refractivity contribution in [1.29, 1.82) is 5.26 Å². The molecule has 0 spiro atoms. The van der Waals surface area contributed by atoms with Gasteiger partial charge in [-0.2, -0.15) is 5.26 Å². The number of alkyl halides is 1. The number of hydrogen-bond donors (Lipinski definition) is 0. The summed E-state index contributed by atoms with van der Waals surface area (Å²) in [6.45, 7) is 3.38. The van der Waals surface area contributed by atoms with Crippen LogP contribution in [0, 0.1) is 11.3 Å². The molecule has 3 nitrogen and oxygen atoms in total. The van der Waals surface area contributed by atoms with E-state index in [-0.39, 0.29) is 0 Å². The normalized spacial score (nSPS) is 16.4. The van der Waals surface area contributed by atoms with Gasteiger partial charge in [0, 0.05) is 25.0 Å². The largest absolute Gasteiger partial charge is 0.380 e. The highest BCUT2D eigenvalue weighted by Crippen LogP contribution is 2.23. The molecule has 1 aliphatic heterocycles. The van der Waals surface area contributed by atoms with Crippen molar-refractivity contribution in [2.75, 3.05) is 31.2 Å². The highest BCUT2D eigenvalue weighted by molar-refractivity contribution is 9.08. The lowest BCUT2D eigenvalue weighted by Crippen LogP contribution is -2.26. The third-order valence-electron chi connectivity index (χ3n) is 2.90. The van der Waals surface area contributed by atoms with Crippen LogP contribution in [-0.4, -0.2) is 26.3 Å². The predicted octanol–water partition coefficient (Wildman–Crippen LogP) is 2.68. The molecule has 1 heterocycles. The topological polar surface area (TPSA) is 36.3 Å². The summed E-state index contributed by atoms with van der Waals surface area (Å²) in [6.07, 6.45) is 1.02. The summed E-state index contributed by atoms with van der Waals surface area (Å²) in [5.41, 5.74) is 2.92. The lowest BCUT2D eigenvalue weighted by Gasteiger charge is -2.23. The van der Waals surface area contributed by atoms with Gasteiger partial charge in [-0.1, -0.05) is 22.0 Å². The van der Waals surface area contributed by atoms with Crippen molar-refractivity contribution in [3.63, 3.8) is 0 Å². The number of hydrogen-bond acceptors (Lipinski definition) is 3. The first kappa shape index (κ1) is 12.4. The Kier molecular flexibility index (Phi) is 4.41. The van der Waals surface area contributed by atoms with E-state index in [2.05, 4.69) is 33.0 Å². The second kappa shape index (κ2) is 6.04. The van der Waals surface area contributed by atoms with Gasteiger partial charge in [0.05, 0.1) is 17.9 Å². The monoisotopic (exact) mass is 294 g/mol. The molecule has 1 aromatic carbocycles. The van der Waals surface area contributed by atoms with E-state index in [9.17, 15) is 5.26 Å². The third-order valence-corrected chi connectivity index (χ3v) is 3.55. The second-order valence-corrected chi connectivity index (χ2v) is 4.61. The number of nitriles is 1. The van der Waals surface area contributed by atoms with Gasteiger partial charge in [-0.25, -0.2) is 0 Å². The summed E-state index contributed by atoms with van der Waals surface area (Å²) in [5.74, 6) is 0. The number of anilines is 1. The third kappa shape index (κ3) is 2.99. The van der Waals surface area contributed by atoms with Crippen LogP contribution in [0.5, 0.6) is 0 Å². The van der Waals surface area contributed by atoms with Crippen LogP contribution < -0.4 is 4.90 Å². The SMILES string of the molecule is N#Cc1cc(CBr)ccc1N1CCCOCC1. The first-order valence-corrected chi connectivity index (χ1v) is 6.89. The minimum Gasteiger partial charge on any atom is -0.380 e. The zero-order valence-electron chi connectivity index (χ0n) is 9.66. The Morgan fingerprint density at radius 2 is 2.24 bits per heavy atom. The van der Waals surface area contributed by atoms with E-state index in [0.29, 0.717) is 0 Å². The molecule has 2 rings (SSSR count). The van der Waals surface area contributed by atoms with Gasteiger partial charge in [0.15, 0.2) is 0 Å². The fourth-order valence-corrected chi connectivity index (χ4v) is 2.37. The quantitative estimate of drug-likeness (QED) is 0.787. The van der Waals surface area contributed by atoms with Gasteiger partial charge in [-0.3, -0.25) is 0 Å². The Morgan fingerprint density at radius 1 is 1.35 bits per heavy atom. The molecule has 17 heavy (non-hydrogen) atoms. The smallest absolute Gasteiger partial charge is 0.101 e. The van der Waals surface area contributed by atoms with E-state index in [1.165, 1.54) is 0 Å². The van der Waals surface area contributed by atoms with E-state index >= 15 is 0 Å². The van der Waals surface area contributed by atoms with E-state index < -0.39 is 0 Å². The number of ether oxygens (including phenoxy) is 1. The number of nitrogens with zero attached hydrogens (tertiary/aromatic N) is 2. The van der Waals surface area contributed by atoms with Gasteiger partial charge < -0.3 is 9.64 Å². The highest BCUT2D eigenvalue weighted by atomic mass is 79.9. The van der Waals surface area contributed by atoms with Gasteiger partial charge in [0.2, 0.25) is 0 Å². The van der Waals surface area contributed by atoms with Gasteiger partial charge in [-0.15, -0.1) is 0 Å². The van der Waals surface area contributed by atoms with E-state index in [4.69, 9.17) is 4.74 Å².